The predicted octanol–water partition coefficient (Wildman–Crippen LogP) is 4.67. The van der Waals surface area contributed by atoms with Crippen molar-refractivity contribution in [3.63, 3.8) is 0 Å². The van der Waals surface area contributed by atoms with E-state index in [4.69, 9.17) is 23.2 Å². The van der Waals surface area contributed by atoms with Crippen molar-refractivity contribution < 1.29 is 9.18 Å². The van der Waals surface area contributed by atoms with Gasteiger partial charge in [-0.15, -0.1) is 0 Å². The molecule has 0 fully saturated rings. The van der Waals surface area contributed by atoms with Gasteiger partial charge in [-0.05, 0) is 36.8 Å². The average molecular weight is 283 g/mol. The smallest absolute Gasteiger partial charge is 0.193 e. The molecule has 0 unspecified atom stereocenters. The first-order chi connectivity index (χ1) is 8.47. The highest BCUT2D eigenvalue weighted by Gasteiger charge is 2.12. The van der Waals surface area contributed by atoms with Crippen LogP contribution in [0.3, 0.4) is 0 Å². The molecule has 0 N–H and O–H groups in total. The minimum Gasteiger partial charge on any atom is -0.289 e. The number of aryl methyl sites for hydroxylation is 1. The third kappa shape index (κ3) is 2.71. The standard InChI is InChI=1S/C14H9Cl2FO/c1-8-2-3-9(6-13(8)17)14(18)10-4-11(15)7-12(16)5-10/h2-7H,1H3. The van der Waals surface area contributed by atoms with Crippen molar-refractivity contribution in [3.05, 3.63) is 69.0 Å². The summed E-state index contributed by atoms with van der Waals surface area (Å²) in [7, 11) is 0. The summed E-state index contributed by atoms with van der Waals surface area (Å²) in [5.41, 5.74) is 1.11. The highest BCUT2D eigenvalue weighted by molar-refractivity contribution is 6.35. The van der Waals surface area contributed by atoms with Gasteiger partial charge in [0.25, 0.3) is 0 Å². The van der Waals surface area contributed by atoms with Crippen molar-refractivity contribution in [2.45, 2.75) is 6.92 Å². The van der Waals surface area contributed by atoms with Crippen LogP contribution in [0.5, 0.6) is 0 Å². The zero-order valence-corrected chi connectivity index (χ0v) is 11.0. The lowest BCUT2D eigenvalue weighted by Crippen LogP contribution is -2.02. The molecule has 0 aliphatic heterocycles. The summed E-state index contributed by atoms with van der Waals surface area (Å²) >= 11 is 11.7. The highest BCUT2D eigenvalue weighted by atomic mass is 35.5. The number of carbonyl (C=O) groups excluding carboxylic acids is 1. The minimum atomic E-state index is -0.408. The molecule has 92 valence electrons. The van der Waals surface area contributed by atoms with Crippen molar-refractivity contribution in [3.8, 4) is 0 Å². The summed E-state index contributed by atoms with van der Waals surface area (Å²) in [6.07, 6.45) is 0. The van der Waals surface area contributed by atoms with Gasteiger partial charge in [-0.1, -0.05) is 35.3 Å². The van der Waals surface area contributed by atoms with E-state index in [2.05, 4.69) is 0 Å². The van der Waals surface area contributed by atoms with E-state index in [1.807, 2.05) is 0 Å². The van der Waals surface area contributed by atoms with Gasteiger partial charge in [-0.2, -0.15) is 0 Å². The number of halogens is 3. The van der Waals surface area contributed by atoms with E-state index >= 15 is 0 Å². The first kappa shape index (κ1) is 13.1. The van der Waals surface area contributed by atoms with Crippen molar-refractivity contribution in [1.29, 1.82) is 0 Å². The Balaban J connectivity index is 2.44. The predicted molar refractivity (Wildman–Crippen MR) is 71.0 cm³/mol. The third-order valence-corrected chi connectivity index (χ3v) is 3.00. The van der Waals surface area contributed by atoms with Crippen molar-refractivity contribution in [1.82, 2.24) is 0 Å². The normalized spacial score (nSPS) is 10.4. The molecule has 0 bridgehead atoms. The van der Waals surface area contributed by atoms with Gasteiger partial charge < -0.3 is 0 Å². The average Bonchev–Trinajstić information content (AvgIpc) is 2.30. The lowest BCUT2D eigenvalue weighted by molar-refractivity contribution is 0.103. The molecule has 0 radical (unpaired) electrons. The van der Waals surface area contributed by atoms with Gasteiger partial charge in [0.05, 0.1) is 0 Å². The monoisotopic (exact) mass is 282 g/mol. The molecular formula is C14H9Cl2FO. The van der Waals surface area contributed by atoms with Crippen LogP contribution < -0.4 is 0 Å². The Hall–Kier alpha value is -1.38. The molecule has 2 aromatic carbocycles. The second-order valence-corrected chi connectivity index (χ2v) is 4.82. The summed E-state index contributed by atoms with van der Waals surface area (Å²) in [5.74, 6) is -0.715. The number of ketones is 1. The van der Waals surface area contributed by atoms with Gasteiger partial charge in [-0.25, -0.2) is 4.39 Å². The largest absolute Gasteiger partial charge is 0.289 e. The Kier molecular flexibility index (Phi) is 3.69. The minimum absolute atomic E-state index is 0.274. The molecule has 0 saturated carbocycles. The number of rotatable bonds is 2. The molecule has 0 spiro atoms. The summed E-state index contributed by atoms with van der Waals surface area (Å²) in [6, 6.07) is 8.91. The zero-order valence-electron chi connectivity index (χ0n) is 9.51. The van der Waals surface area contributed by atoms with Crippen LogP contribution in [0.1, 0.15) is 21.5 Å². The Morgan fingerprint density at radius 2 is 1.61 bits per heavy atom. The van der Waals surface area contributed by atoms with Crippen LogP contribution in [0.15, 0.2) is 36.4 Å². The molecule has 0 aromatic heterocycles. The molecule has 2 aromatic rings. The van der Waals surface area contributed by atoms with E-state index in [1.165, 1.54) is 24.3 Å². The molecule has 0 atom stereocenters. The fourth-order valence-corrected chi connectivity index (χ4v) is 2.11. The summed E-state index contributed by atoms with van der Waals surface area (Å²) < 4.78 is 13.4. The molecule has 4 heteroatoms. The number of benzene rings is 2. The first-order valence-electron chi connectivity index (χ1n) is 5.24. The maximum Gasteiger partial charge on any atom is 0.193 e. The summed E-state index contributed by atoms with van der Waals surface area (Å²) in [6.45, 7) is 1.64. The molecule has 1 nitrogen and oxygen atoms in total. The highest BCUT2D eigenvalue weighted by Crippen LogP contribution is 2.22. The molecule has 18 heavy (non-hydrogen) atoms. The fourth-order valence-electron chi connectivity index (χ4n) is 1.59. The van der Waals surface area contributed by atoms with Gasteiger partial charge >= 0.3 is 0 Å². The van der Waals surface area contributed by atoms with Gasteiger partial charge in [0.1, 0.15) is 5.82 Å². The molecule has 0 aliphatic rings. The van der Waals surface area contributed by atoms with E-state index in [0.717, 1.165) is 0 Å². The van der Waals surface area contributed by atoms with Crippen molar-refractivity contribution in [2.24, 2.45) is 0 Å². The van der Waals surface area contributed by atoms with E-state index in [-0.39, 0.29) is 11.3 Å². The summed E-state index contributed by atoms with van der Waals surface area (Å²) in [4.78, 5) is 12.1. The number of carbonyl (C=O) groups is 1. The van der Waals surface area contributed by atoms with Gasteiger partial charge in [0.2, 0.25) is 0 Å². The van der Waals surface area contributed by atoms with E-state index in [9.17, 15) is 9.18 Å². The van der Waals surface area contributed by atoms with Crippen LogP contribution in [0, 0.1) is 12.7 Å². The maximum atomic E-state index is 13.4. The summed E-state index contributed by atoms with van der Waals surface area (Å²) in [5, 5.41) is 0.747. The van der Waals surface area contributed by atoms with Crippen LogP contribution in [0.2, 0.25) is 10.0 Å². The van der Waals surface area contributed by atoms with Gasteiger partial charge in [0.15, 0.2) is 5.78 Å². The Morgan fingerprint density at radius 3 is 2.17 bits per heavy atom. The molecular weight excluding hydrogens is 274 g/mol. The lowest BCUT2D eigenvalue weighted by atomic mass is 10.0. The van der Waals surface area contributed by atoms with Gasteiger partial charge in [-0.3, -0.25) is 4.79 Å². The molecule has 0 amide bonds. The van der Waals surface area contributed by atoms with E-state index < -0.39 is 5.82 Å². The van der Waals surface area contributed by atoms with Crippen molar-refractivity contribution >= 4 is 29.0 Å². The Labute approximate surface area is 114 Å². The van der Waals surface area contributed by atoms with Crippen LogP contribution >= 0.6 is 23.2 Å². The second kappa shape index (κ2) is 5.09. The van der Waals surface area contributed by atoms with Gasteiger partial charge in [0, 0.05) is 21.2 Å². The third-order valence-electron chi connectivity index (χ3n) is 2.56. The van der Waals surface area contributed by atoms with Crippen LogP contribution in [-0.4, -0.2) is 5.78 Å². The first-order valence-corrected chi connectivity index (χ1v) is 6.00. The molecule has 0 saturated heterocycles. The molecule has 0 aliphatic carbocycles. The Morgan fingerprint density at radius 1 is 1.00 bits per heavy atom. The van der Waals surface area contributed by atoms with Crippen molar-refractivity contribution in [2.75, 3.05) is 0 Å². The quantitative estimate of drug-likeness (QED) is 0.732. The molecule has 0 heterocycles. The Bertz CT molecular complexity index is 603. The SMILES string of the molecule is Cc1ccc(C(=O)c2cc(Cl)cc(Cl)c2)cc1F. The van der Waals surface area contributed by atoms with E-state index in [0.29, 0.717) is 21.2 Å². The maximum absolute atomic E-state index is 13.4. The topological polar surface area (TPSA) is 17.1 Å². The van der Waals surface area contributed by atoms with Crippen LogP contribution in [0.4, 0.5) is 4.39 Å². The number of hydrogen-bond acceptors (Lipinski definition) is 1. The fraction of sp³-hybridized carbons (Fsp3) is 0.0714. The number of hydrogen-bond donors (Lipinski definition) is 0. The lowest BCUT2D eigenvalue weighted by Gasteiger charge is -2.04. The van der Waals surface area contributed by atoms with E-state index in [1.54, 1.807) is 19.1 Å². The van der Waals surface area contributed by atoms with Crippen LogP contribution in [0.25, 0.3) is 0 Å². The zero-order chi connectivity index (χ0) is 13.3. The second-order valence-electron chi connectivity index (χ2n) is 3.95. The van der Waals surface area contributed by atoms with Crippen LogP contribution in [-0.2, 0) is 0 Å². The molecule has 2 rings (SSSR count).